The van der Waals surface area contributed by atoms with Gasteiger partial charge in [-0.05, 0) is 37.3 Å². The van der Waals surface area contributed by atoms with Crippen LogP contribution in [-0.4, -0.2) is 46.0 Å². The lowest BCUT2D eigenvalue weighted by atomic mass is 9.83. The molecule has 7 nitrogen and oxygen atoms in total. The molecule has 0 saturated heterocycles. The van der Waals surface area contributed by atoms with E-state index in [-0.39, 0.29) is 18.1 Å². The zero-order chi connectivity index (χ0) is 20.9. The Balaban J connectivity index is 1.28. The van der Waals surface area contributed by atoms with Gasteiger partial charge in [0.05, 0.1) is 43.0 Å². The zero-order valence-corrected chi connectivity index (χ0v) is 17.5. The van der Waals surface area contributed by atoms with Crippen LogP contribution < -0.4 is 10.1 Å². The van der Waals surface area contributed by atoms with Gasteiger partial charge in [0.15, 0.2) is 0 Å². The summed E-state index contributed by atoms with van der Waals surface area (Å²) < 4.78 is 13.9. The van der Waals surface area contributed by atoms with Crippen molar-refractivity contribution >= 4 is 16.8 Å². The highest BCUT2D eigenvalue weighted by atomic mass is 16.5. The van der Waals surface area contributed by atoms with Crippen LogP contribution in [0.5, 0.6) is 5.88 Å². The van der Waals surface area contributed by atoms with Gasteiger partial charge in [0.1, 0.15) is 0 Å². The van der Waals surface area contributed by atoms with Crippen molar-refractivity contribution in [1.29, 1.82) is 0 Å². The van der Waals surface area contributed by atoms with E-state index in [4.69, 9.17) is 9.47 Å². The molecule has 0 aliphatic heterocycles. The first-order valence-corrected chi connectivity index (χ1v) is 10.4. The molecule has 1 aliphatic carbocycles. The van der Waals surface area contributed by atoms with Crippen LogP contribution >= 0.6 is 0 Å². The van der Waals surface area contributed by atoms with Crippen molar-refractivity contribution in [2.45, 2.75) is 45.4 Å². The molecule has 2 aromatic heterocycles. The second kappa shape index (κ2) is 9.26. The van der Waals surface area contributed by atoms with Gasteiger partial charge >= 0.3 is 0 Å². The van der Waals surface area contributed by atoms with Crippen LogP contribution in [0.25, 0.3) is 10.9 Å². The fourth-order valence-electron chi connectivity index (χ4n) is 3.79. The smallest absolute Gasteiger partial charge is 0.224 e. The Hall–Kier alpha value is -2.93. The minimum absolute atomic E-state index is 0.0280. The fourth-order valence-corrected chi connectivity index (χ4v) is 3.79. The Labute approximate surface area is 176 Å². The topological polar surface area (TPSA) is 78.3 Å². The summed E-state index contributed by atoms with van der Waals surface area (Å²) in [5.41, 5.74) is 2.22. The van der Waals surface area contributed by atoms with E-state index in [1.54, 1.807) is 6.20 Å². The second-order valence-corrected chi connectivity index (χ2v) is 8.04. The van der Waals surface area contributed by atoms with Gasteiger partial charge in [0, 0.05) is 19.2 Å². The van der Waals surface area contributed by atoms with E-state index >= 15 is 0 Å². The molecule has 158 valence electrons. The molecule has 0 radical (unpaired) electrons. The van der Waals surface area contributed by atoms with Gasteiger partial charge in [0.2, 0.25) is 11.8 Å². The summed E-state index contributed by atoms with van der Waals surface area (Å²) in [6, 6.07) is 12.3. The summed E-state index contributed by atoms with van der Waals surface area (Å²) in [6.45, 7) is 5.35. The third-order valence-corrected chi connectivity index (χ3v) is 5.39. The summed E-state index contributed by atoms with van der Waals surface area (Å²) in [5.74, 6) is 1.07. The molecule has 0 bridgehead atoms. The zero-order valence-electron chi connectivity index (χ0n) is 17.5. The van der Waals surface area contributed by atoms with Crippen molar-refractivity contribution in [1.82, 2.24) is 20.1 Å². The van der Waals surface area contributed by atoms with Crippen LogP contribution in [-0.2, 0) is 16.1 Å². The predicted octanol–water partition coefficient (Wildman–Crippen LogP) is 3.18. The maximum atomic E-state index is 11.0. The van der Waals surface area contributed by atoms with Gasteiger partial charge < -0.3 is 14.8 Å². The quantitative estimate of drug-likeness (QED) is 0.588. The first kappa shape index (κ1) is 20.3. The van der Waals surface area contributed by atoms with Crippen LogP contribution in [0.2, 0.25) is 0 Å². The van der Waals surface area contributed by atoms with Gasteiger partial charge in [-0.1, -0.05) is 30.3 Å². The maximum Gasteiger partial charge on any atom is 0.224 e. The van der Waals surface area contributed by atoms with Crippen molar-refractivity contribution in [3.05, 3.63) is 54.4 Å². The number of pyridine rings is 1. The Morgan fingerprint density at radius 1 is 1.27 bits per heavy atom. The minimum Gasteiger partial charge on any atom is -0.477 e. The first-order chi connectivity index (χ1) is 14.6. The van der Waals surface area contributed by atoms with E-state index in [9.17, 15) is 4.79 Å². The number of carbonyl (C=O) groups is 1. The lowest BCUT2D eigenvalue weighted by Gasteiger charge is -2.35. The molecule has 3 aromatic rings. The monoisotopic (exact) mass is 408 g/mol. The number of hydrogen-bond donors (Lipinski definition) is 1. The van der Waals surface area contributed by atoms with Gasteiger partial charge in [0.25, 0.3) is 0 Å². The lowest BCUT2D eigenvalue weighted by Crippen LogP contribution is -2.40. The third-order valence-electron chi connectivity index (χ3n) is 5.39. The highest BCUT2D eigenvalue weighted by molar-refractivity contribution is 5.83. The van der Waals surface area contributed by atoms with Gasteiger partial charge in [-0.15, -0.1) is 0 Å². The summed E-state index contributed by atoms with van der Waals surface area (Å²) in [6.07, 6.45) is 5.78. The highest BCUT2D eigenvalue weighted by Crippen LogP contribution is 2.32. The highest BCUT2D eigenvalue weighted by Gasteiger charge is 2.31. The van der Waals surface area contributed by atoms with E-state index in [1.807, 2.05) is 42.1 Å². The number of carbonyl (C=O) groups excluding carboxylic acids is 1. The van der Waals surface area contributed by atoms with Crippen molar-refractivity contribution in [3.8, 4) is 5.88 Å². The van der Waals surface area contributed by atoms with Crippen LogP contribution in [0.15, 0.2) is 48.8 Å². The second-order valence-electron chi connectivity index (χ2n) is 8.04. The number of amides is 1. The van der Waals surface area contributed by atoms with Crippen molar-refractivity contribution in [3.63, 3.8) is 0 Å². The lowest BCUT2D eigenvalue weighted by molar-refractivity contribution is -0.120. The normalized spacial score (nSPS) is 19.3. The standard InChI is InChI=1S/C23H28N4O3/c1-16(26-17(2)28)14-29-20-10-19(11-20)15-30-23-21-12-25-27(22(21)8-9-24-23)13-18-6-4-3-5-7-18/h3-9,12,16,19-20H,10-11,13-15H2,1-2H3,(H,26,28)/t16-,19?,20?/m0/s1. The number of ether oxygens (including phenoxy) is 2. The Bertz CT molecular complexity index is 983. The third kappa shape index (κ3) is 4.97. The molecular weight excluding hydrogens is 380 g/mol. The average molecular weight is 409 g/mol. The van der Waals surface area contributed by atoms with Gasteiger partial charge in [-0.2, -0.15) is 5.10 Å². The van der Waals surface area contributed by atoms with Crippen LogP contribution in [0.4, 0.5) is 0 Å². The molecule has 7 heteroatoms. The van der Waals surface area contributed by atoms with Gasteiger partial charge in [-0.3, -0.25) is 9.48 Å². The average Bonchev–Trinajstić information content (AvgIpc) is 3.10. The van der Waals surface area contributed by atoms with Gasteiger partial charge in [-0.25, -0.2) is 4.98 Å². The number of aromatic nitrogens is 3. The Morgan fingerprint density at radius 3 is 2.83 bits per heavy atom. The van der Waals surface area contributed by atoms with Crippen molar-refractivity contribution in [2.24, 2.45) is 5.92 Å². The summed E-state index contributed by atoms with van der Waals surface area (Å²) in [4.78, 5) is 15.5. The predicted molar refractivity (Wildman–Crippen MR) is 114 cm³/mol. The largest absolute Gasteiger partial charge is 0.477 e. The number of rotatable bonds is 9. The fraction of sp³-hybridized carbons (Fsp3) is 0.435. The molecule has 1 fully saturated rings. The molecule has 1 N–H and O–H groups in total. The molecule has 0 unspecified atom stereocenters. The number of fused-ring (bicyclic) bond motifs is 1. The number of benzene rings is 1. The number of nitrogens with one attached hydrogen (secondary N) is 1. The molecule has 1 amide bonds. The molecule has 4 rings (SSSR count). The summed E-state index contributed by atoms with van der Waals surface area (Å²) in [7, 11) is 0. The van der Waals surface area contributed by atoms with E-state index in [1.165, 1.54) is 12.5 Å². The molecule has 1 atom stereocenters. The number of hydrogen-bond acceptors (Lipinski definition) is 5. The Morgan fingerprint density at radius 2 is 2.07 bits per heavy atom. The maximum absolute atomic E-state index is 11.0. The summed E-state index contributed by atoms with van der Waals surface area (Å²) in [5, 5.41) is 8.30. The Kier molecular flexibility index (Phi) is 6.28. The van der Waals surface area contributed by atoms with Crippen molar-refractivity contribution in [2.75, 3.05) is 13.2 Å². The summed E-state index contributed by atoms with van der Waals surface area (Å²) >= 11 is 0. The molecular formula is C23H28N4O3. The molecule has 2 heterocycles. The van der Waals surface area contributed by atoms with E-state index in [0.717, 1.165) is 23.7 Å². The molecule has 1 aromatic carbocycles. The minimum atomic E-state index is -0.0280. The molecule has 1 saturated carbocycles. The molecule has 1 aliphatic rings. The molecule has 0 spiro atoms. The van der Waals surface area contributed by atoms with E-state index in [0.29, 0.717) is 31.6 Å². The number of nitrogens with zero attached hydrogens (tertiary/aromatic N) is 3. The van der Waals surface area contributed by atoms with Crippen LogP contribution in [0.1, 0.15) is 32.3 Å². The van der Waals surface area contributed by atoms with E-state index < -0.39 is 0 Å². The van der Waals surface area contributed by atoms with Crippen LogP contribution in [0, 0.1) is 5.92 Å². The van der Waals surface area contributed by atoms with Crippen LogP contribution in [0.3, 0.4) is 0 Å². The van der Waals surface area contributed by atoms with E-state index in [2.05, 4.69) is 27.5 Å². The van der Waals surface area contributed by atoms with Crippen molar-refractivity contribution < 1.29 is 14.3 Å². The first-order valence-electron chi connectivity index (χ1n) is 10.4. The molecule has 30 heavy (non-hydrogen) atoms. The SMILES string of the molecule is CC(=O)N[C@@H](C)COC1CC(COc2nccc3c2cnn3Cc2ccccc2)C1.